The summed E-state index contributed by atoms with van der Waals surface area (Å²) >= 11 is 2.80. The van der Waals surface area contributed by atoms with Gasteiger partial charge in [0.1, 0.15) is 23.2 Å². The second kappa shape index (κ2) is 8.54. The van der Waals surface area contributed by atoms with Crippen LogP contribution < -0.4 is 11.1 Å². The summed E-state index contributed by atoms with van der Waals surface area (Å²) in [6.45, 7) is 0. The molecule has 3 heterocycles. The number of amides is 2. The highest BCUT2D eigenvalue weighted by molar-refractivity contribution is 8.01. The van der Waals surface area contributed by atoms with Crippen LogP contribution >= 0.6 is 23.5 Å². The second-order valence-corrected chi connectivity index (χ2v) is 8.79. The molecule has 4 rings (SSSR count). The van der Waals surface area contributed by atoms with Crippen LogP contribution in [0.3, 0.4) is 0 Å². The van der Waals surface area contributed by atoms with Crippen molar-refractivity contribution in [3.05, 3.63) is 59.6 Å². The van der Waals surface area contributed by atoms with Crippen LogP contribution in [0.2, 0.25) is 0 Å². The highest BCUT2D eigenvalue weighted by Gasteiger charge is 2.54. The number of carbonyl (C=O) groups excluding carboxylic acids is 2. The summed E-state index contributed by atoms with van der Waals surface area (Å²) in [5, 5.41) is 12.6. The van der Waals surface area contributed by atoms with Crippen LogP contribution in [0.25, 0.3) is 0 Å². The first kappa shape index (κ1) is 20.5. The zero-order chi connectivity index (χ0) is 21.3. The smallest absolute Gasteiger partial charge is 0.352 e. The third-order valence-corrected chi connectivity index (χ3v) is 7.17. The molecule has 1 fully saturated rings. The summed E-state index contributed by atoms with van der Waals surface area (Å²) in [5.41, 5.74) is 7.27. The molecule has 2 unspecified atom stereocenters. The van der Waals surface area contributed by atoms with E-state index in [9.17, 15) is 19.5 Å². The fraction of sp³-hybridized carbons (Fsp3) is 0.263. The first-order chi connectivity index (χ1) is 14.5. The van der Waals surface area contributed by atoms with E-state index in [1.165, 1.54) is 28.4 Å². The van der Waals surface area contributed by atoms with Crippen LogP contribution in [0.15, 0.2) is 59.2 Å². The van der Waals surface area contributed by atoms with E-state index in [0.29, 0.717) is 27.8 Å². The van der Waals surface area contributed by atoms with Crippen molar-refractivity contribution in [1.29, 1.82) is 0 Å². The van der Waals surface area contributed by atoms with Gasteiger partial charge in [0.15, 0.2) is 5.16 Å². The van der Waals surface area contributed by atoms with Crippen LogP contribution in [-0.2, 0) is 14.4 Å². The van der Waals surface area contributed by atoms with E-state index in [1.54, 1.807) is 36.7 Å². The van der Waals surface area contributed by atoms with Crippen molar-refractivity contribution in [2.24, 2.45) is 5.73 Å². The Kier molecular flexibility index (Phi) is 5.84. The van der Waals surface area contributed by atoms with Gasteiger partial charge in [-0.05, 0) is 11.1 Å². The number of rotatable bonds is 7. The van der Waals surface area contributed by atoms with E-state index in [-0.39, 0.29) is 5.70 Å². The molecule has 1 aromatic heterocycles. The van der Waals surface area contributed by atoms with Crippen molar-refractivity contribution < 1.29 is 19.5 Å². The zero-order valence-electron chi connectivity index (χ0n) is 15.6. The number of H-pyrrole nitrogens is 1. The molecule has 0 radical (unpaired) electrons. The molecule has 5 N–H and O–H groups in total. The Morgan fingerprint density at radius 3 is 2.83 bits per heavy atom. The average molecular weight is 446 g/mol. The SMILES string of the molecule is NC(C(=O)NC1C(=O)N2C(C(=O)O)=C(CSc3ncc[nH]3)CS[C@@H]12)c1ccccc1. The van der Waals surface area contributed by atoms with Gasteiger partial charge >= 0.3 is 5.97 Å². The molecule has 2 aliphatic heterocycles. The van der Waals surface area contributed by atoms with Gasteiger partial charge < -0.3 is 21.1 Å². The maximum absolute atomic E-state index is 12.7. The Morgan fingerprint density at radius 2 is 2.17 bits per heavy atom. The summed E-state index contributed by atoms with van der Waals surface area (Å²) in [6, 6.07) is 7.15. The van der Waals surface area contributed by atoms with Gasteiger partial charge in [-0.1, -0.05) is 42.1 Å². The third kappa shape index (κ3) is 3.83. The number of carbonyl (C=O) groups is 3. The zero-order valence-corrected chi connectivity index (χ0v) is 17.3. The number of imidazole rings is 1. The summed E-state index contributed by atoms with van der Waals surface area (Å²) < 4.78 is 0. The van der Waals surface area contributed by atoms with Crippen molar-refractivity contribution >= 4 is 41.3 Å². The van der Waals surface area contributed by atoms with E-state index in [2.05, 4.69) is 15.3 Å². The standard InChI is InChI=1S/C19H19N5O4S2/c20-12(10-4-2-1-3-5-10)15(25)23-13-16(26)24-14(18(27)28)11(8-29-17(13)24)9-30-19-21-6-7-22-19/h1-7,12-13,17H,8-9,20H2,(H,21,22)(H,23,25)(H,27,28)/t12?,13?,17-/m0/s1. The number of hydrogen-bond donors (Lipinski definition) is 4. The predicted molar refractivity (Wildman–Crippen MR) is 112 cm³/mol. The highest BCUT2D eigenvalue weighted by atomic mass is 32.2. The first-order valence-electron chi connectivity index (χ1n) is 9.10. The van der Waals surface area contributed by atoms with E-state index >= 15 is 0 Å². The normalized spacial score (nSPS) is 21.6. The number of carboxylic acids is 1. The molecule has 2 aromatic rings. The summed E-state index contributed by atoms with van der Waals surface area (Å²) in [7, 11) is 0. The lowest BCUT2D eigenvalue weighted by Crippen LogP contribution is -2.71. The number of fused-ring (bicyclic) bond motifs is 1. The quantitative estimate of drug-likeness (QED) is 0.364. The Bertz CT molecular complexity index is 996. The molecule has 0 spiro atoms. The summed E-state index contributed by atoms with van der Waals surface area (Å²) in [6.07, 6.45) is 3.31. The Hall–Kier alpha value is -2.76. The predicted octanol–water partition coefficient (Wildman–Crippen LogP) is 0.940. The summed E-state index contributed by atoms with van der Waals surface area (Å²) in [5.74, 6) is -1.23. The molecule has 3 atom stereocenters. The minimum absolute atomic E-state index is 0.0133. The molecular formula is C19H19N5O4S2. The molecule has 0 saturated carbocycles. The minimum atomic E-state index is -1.16. The van der Waals surface area contributed by atoms with Crippen LogP contribution in [0.4, 0.5) is 0 Å². The van der Waals surface area contributed by atoms with Gasteiger partial charge in [-0.3, -0.25) is 14.5 Å². The van der Waals surface area contributed by atoms with Crippen molar-refractivity contribution in [2.45, 2.75) is 22.6 Å². The molecule has 156 valence electrons. The number of nitrogens with two attached hydrogens (primary N) is 1. The van der Waals surface area contributed by atoms with Crippen LogP contribution in [-0.4, -0.2) is 60.7 Å². The van der Waals surface area contributed by atoms with Crippen molar-refractivity contribution in [1.82, 2.24) is 20.2 Å². The monoisotopic (exact) mass is 445 g/mol. The fourth-order valence-corrected chi connectivity index (χ4v) is 5.65. The Morgan fingerprint density at radius 1 is 1.40 bits per heavy atom. The molecule has 30 heavy (non-hydrogen) atoms. The van der Waals surface area contributed by atoms with Gasteiger partial charge in [0.2, 0.25) is 5.91 Å². The Labute approximate surface area is 180 Å². The van der Waals surface area contributed by atoms with Crippen molar-refractivity contribution in [3.8, 4) is 0 Å². The van der Waals surface area contributed by atoms with Gasteiger partial charge in [-0.15, -0.1) is 11.8 Å². The number of aromatic amines is 1. The van der Waals surface area contributed by atoms with Gasteiger partial charge in [0, 0.05) is 23.9 Å². The second-order valence-electron chi connectivity index (χ2n) is 6.72. The average Bonchev–Trinajstić information content (AvgIpc) is 3.28. The molecule has 11 heteroatoms. The van der Waals surface area contributed by atoms with Crippen molar-refractivity contribution in [2.75, 3.05) is 11.5 Å². The van der Waals surface area contributed by atoms with E-state index in [1.807, 2.05) is 6.07 Å². The number of aromatic nitrogens is 2. The maximum atomic E-state index is 12.7. The fourth-order valence-electron chi connectivity index (χ4n) is 3.33. The molecule has 2 aliphatic rings. The number of carboxylic acid groups (broad SMARTS) is 1. The number of benzene rings is 1. The number of nitrogens with one attached hydrogen (secondary N) is 2. The number of aliphatic carboxylic acids is 1. The number of nitrogens with zero attached hydrogens (tertiary/aromatic N) is 2. The lowest BCUT2D eigenvalue weighted by atomic mass is 10.0. The molecular weight excluding hydrogens is 426 g/mol. The summed E-state index contributed by atoms with van der Waals surface area (Å²) in [4.78, 5) is 45.4. The number of β-lactam (4-membered cyclic amide) rings is 1. The molecule has 1 aromatic carbocycles. The van der Waals surface area contributed by atoms with Gasteiger partial charge in [-0.25, -0.2) is 9.78 Å². The van der Waals surface area contributed by atoms with Crippen LogP contribution in [0.1, 0.15) is 11.6 Å². The van der Waals surface area contributed by atoms with Crippen molar-refractivity contribution in [3.63, 3.8) is 0 Å². The highest BCUT2D eigenvalue weighted by Crippen LogP contribution is 2.41. The number of thioether (sulfide) groups is 2. The van der Waals surface area contributed by atoms with E-state index < -0.39 is 35.2 Å². The molecule has 2 amide bonds. The minimum Gasteiger partial charge on any atom is -0.477 e. The molecule has 1 saturated heterocycles. The van der Waals surface area contributed by atoms with E-state index in [0.717, 1.165) is 0 Å². The maximum Gasteiger partial charge on any atom is 0.352 e. The Balaban J connectivity index is 1.46. The van der Waals surface area contributed by atoms with Gasteiger partial charge in [0.05, 0.1) is 0 Å². The van der Waals surface area contributed by atoms with Crippen LogP contribution in [0.5, 0.6) is 0 Å². The lowest BCUT2D eigenvalue weighted by molar-refractivity contribution is -0.150. The number of hydrogen-bond acceptors (Lipinski definition) is 7. The first-order valence-corrected chi connectivity index (χ1v) is 11.1. The third-order valence-electron chi connectivity index (χ3n) is 4.84. The van der Waals surface area contributed by atoms with E-state index in [4.69, 9.17) is 5.73 Å². The van der Waals surface area contributed by atoms with Crippen LogP contribution in [0, 0.1) is 0 Å². The lowest BCUT2D eigenvalue weighted by Gasteiger charge is -2.49. The molecule has 0 bridgehead atoms. The largest absolute Gasteiger partial charge is 0.477 e. The molecule has 0 aliphatic carbocycles. The molecule has 9 nitrogen and oxygen atoms in total. The van der Waals surface area contributed by atoms with Gasteiger partial charge in [-0.2, -0.15) is 0 Å². The topological polar surface area (TPSA) is 141 Å². The van der Waals surface area contributed by atoms with Gasteiger partial charge in [0.25, 0.3) is 5.91 Å².